The molecule has 1 aliphatic rings. The first kappa shape index (κ1) is 32.5. The van der Waals surface area contributed by atoms with Crippen molar-refractivity contribution in [1.82, 2.24) is 19.7 Å². The van der Waals surface area contributed by atoms with Crippen LogP contribution in [0, 0.1) is 6.92 Å². The van der Waals surface area contributed by atoms with Crippen LogP contribution in [0.1, 0.15) is 56.2 Å². The molecule has 0 fully saturated rings. The average molecular weight is 686 g/mol. The van der Waals surface area contributed by atoms with Crippen molar-refractivity contribution in [3.8, 4) is 40.0 Å². The summed E-state index contributed by atoms with van der Waals surface area (Å²) in [6.45, 7) is 11.1. The van der Waals surface area contributed by atoms with Crippen molar-refractivity contribution in [2.75, 3.05) is 4.90 Å². The molecule has 0 saturated carbocycles. The van der Waals surface area contributed by atoms with Gasteiger partial charge in [-0.25, -0.2) is 4.98 Å². The predicted octanol–water partition coefficient (Wildman–Crippen LogP) is 12.3. The van der Waals surface area contributed by atoms with Gasteiger partial charge in [0.15, 0.2) is 11.6 Å². The fourth-order valence-electron chi connectivity index (χ4n) is 6.82. The Morgan fingerprint density at radius 2 is 1.29 bits per heavy atom. The zero-order chi connectivity index (χ0) is 35.1. The number of para-hydroxylation sites is 2. The maximum absolute atomic E-state index is 6.65. The van der Waals surface area contributed by atoms with E-state index in [9.17, 15) is 0 Å². The molecule has 0 radical (unpaired) electrons. The minimum atomic E-state index is 0.299. The van der Waals surface area contributed by atoms with Gasteiger partial charge >= 0.3 is 0 Å². The maximum Gasteiger partial charge on any atom is 0.169 e. The van der Waals surface area contributed by atoms with Gasteiger partial charge in [-0.3, -0.25) is 9.47 Å². The van der Waals surface area contributed by atoms with E-state index >= 15 is 0 Å². The van der Waals surface area contributed by atoms with Gasteiger partial charge in [-0.2, -0.15) is 0 Å². The summed E-state index contributed by atoms with van der Waals surface area (Å²) >= 11 is 1.76. The van der Waals surface area contributed by atoms with Crippen molar-refractivity contribution in [2.24, 2.45) is 0 Å². The molecule has 51 heavy (non-hydrogen) atoms. The van der Waals surface area contributed by atoms with E-state index in [2.05, 4.69) is 135 Å². The van der Waals surface area contributed by atoms with Gasteiger partial charge in [0.1, 0.15) is 17.3 Å². The number of fused-ring (bicyclic) bond motifs is 2. The molecule has 8 rings (SSSR count). The van der Waals surface area contributed by atoms with E-state index in [0.29, 0.717) is 17.6 Å². The molecular weight excluding hydrogens is 647 g/mol. The van der Waals surface area contributed by atoms with Gasteiger partial charge in [-0.05, 0) is 84.0 Å². The molecule has 2 aromatic heterocycles. The van der Waals surface area contributed by atoms with Gasteiger partial charge in [-0.15, -0.1) is 10.2 Å². The van der Waals surface area contributed by atoms with E-state index in [1.54, 1.807) is 11.8 Å². The molecular formula is C44H39N5OS. The minimum Gasteiger partial charge on any atom is -0.457 e. The van der Waals surface area contributed by atoms with Crippen molar-refractivity contribution in [1.29, 1.82) is 0 Å². The number of aryl methyl sites for hydroxylation is 1. The van der Waals surface area contributed by atoms with Crippen LogP contribution in [-0.4, -0.2) is 19.7 Å². The Labute approximate surface area is 303 Å². The van der Waals surface area contributed by atoms with E-state index in [1.165, 1.54) is 16.0 Å². The van der Waals surface area contributed by atoms with Crippen molar-refractivity contribution >= 4 is 29.0 Å². The van der Waals surface area contributed by atoms with Crippen LogP contribution >= 0.6 is 11.8 Å². The lowest BCUT2D eigenvalue weighted by molar-refractivity contribution is 0.482. The number of anilines is 3. The van der Waals surface area contributed by atoms with Crippen LogP contribution in [0.2, 0.25) is 0 Å². The summed E-state index contributed by atoms with van der Waals surface area (Å²) in [4.78, 5) is 9.25. The molecule has 5 aromatic carbocycles. The van der Waals surface area contributed by atoms with E-state index in [1.807, 2.05) is 42.6 Å². The van der Waals surface area contributed by atoms with E-state index in [4.69, 9.17) is 19.9 Å². The quantitative estimate of drug-likeness (QED) is 0.159. The Bertz CT molecular complexity index is 2340. The molecule has 0 atom stereocenters. The van der Waals surface area contributed by atoms with Gasteiger partial charge in [0.2, 0.25) is 0 Å². The lowest BCUT2D eigenvalue weighted by atomic mass is 9.92. The number of hydrogen-bond acceptors (Lipinski definition) is 6. The van der Waals surface area contributed by atoms with Crippen LogP contribution in [0.25, 0.3) is 28.5 Å². The maximum atomic E-state index is 6.65. The Morgan fingerprint density at radius 1 is 0.608 bits per heavy atom. The van der Waals surface area contributed by atoms with E-state index < -0.39 is 0 Å². The Kier molecular flexibility index (Phi) is 8.66. The Hall–Kier alpha value is -5.66. The number of hydrogen-bond donors (Lipinski definition) is 0. The number of nitrogens with zero attached hydrogens (tertiary/aromatic N) is 5. The highest BCUT2D eigenvalue weighted by molar-refractivity contribution is 7.99. The third kappa shape index (κ3) is 6.08. The zero-order valence-corrected chi connectivity index (χ0v) is 30.2. The largest absolute Gasteiger partial charge is 0.457 e. The molecule has 0 bridgehead atoms. The van der Waals surface area contributed by atoms with Gasteiger partial charge in [0.25, 0.3) is 0 Å². The highest BCUT2D eigenvalue weighted by Crippen LogP contribution is 2.52. The second-order valence-corrected chi connectivity index (χ2v) is 14.5. The second-order valence-electron chi connectivity index (χ2n) is 13.4. The van der Waals surface area contributed by atoms with Crippen molar-refractivity contribution in [2.45, 2.75) is 56.2 Å². The fraction of sp³-hybridized carbons (Fsp3) is 0.159. The van der Waals surface area contributed by atoms with Gasteiger partial charge < -0.3 is 4.74 Å². The summed E-state index contributed by atoms with van der Waals surface area (Å²) in [5, 5.41) is 9.77. The molecule has 0 aliphatic carbocycles. The lowest BCUT2D eigenvalue weighted by Gasteiger charge is -2.32. The number of pyridine rings is 1. The molecule has 0 saturated heterocycles. The third-order valence-electron chi connectivity index (χ3n) is 9.32. The molecule has 3 heterocycles. The normalized spacial score (nSPS) is 12.3. The van der Waals surface area contributed by atoms with Gasteiger partial charge in [0, 0.05) is 33.2 Å². The Morgan fingerprint density at radius 3 is 2.06 bits per heavy atom. The average Bonchev–Trinajstić information content (AvgIpc) is 3.59. The van der Waals surface area contributed by atoms with Crippen LogP contribution in [0.3, 0.4) is 0 Å². The van der Waals surface area contributed by atoms with Gasteiger partial charge in [0.05, 0.1) is 17.1 Å². The first-order valence-corrected chi connectivity index (χ1v) is 18.2. The van der Waals surface area contributed by atoms with Crippen LogP contribution in [0.15, 0.2) is 143 Å². The molecule has 0 N–H and O–H groups in total. The van der Waals surface area contributed by atoms with Crippen LogP contribution in [-0.2, 0) is 0 Å². The number of aromatic nitrogens is 4. The molecule has 7 aromatic rings. The van der Waals surface area contributed by atoms with Crippen LogP contribution in [0.5, 0.6) is 11.5 Å². The van der Waals surface area contributed by atoms with Crippen LogP contribution < -0.4 is 9.64 Å². The van der Waals surface area contributed by atoms with Crippen LogP contribution in [0.4, 0.5) is 17.2 Å². The van der Waals surface area contributed by atoms with Gasteiger partial charge in [-0.1, -0.05) is 112 Å². The second kappa shape index (κ2) is 13.6. The SMILES string of the molecule is Cc1ccccc1-c1nnc(-c2cccc(Oc3ccc4c(c3)N(c3ccccn3)c3ccccc3S4)c2)n1-c1c(C(C)C)cccc1C(C)C. The first-order chi connectivity index (χ1) is 24.9. The molecule has 0 unspecified atom stereocenters. The number of benzene rings is 5. The smallest absolute Gasteiger partial charge is 0.169 e. The van der Waals surface area contributed by atoms with E-state index in [0.717, 1.165) is 61.9 Å². The summed E-state index contributed by atoms with van der Waals surface area (Å²) < 4.78 is 8.91. The molecule has 6 nitrogen and oxygen atoms in total. The molecule has 7 heteroatoms. The summed E-state index contributed by atoms with van der Waals surface area (Å²) in [5.41, 5.74) is 8.92. The van der Waals surface area contributed by atoms with Crippen molar-refractivity contribution < 1.29 is 4.74 Å². The topological polar surface area (TPSA) is 56.1 Å². The Balaban J connectivity index is 1.23. The summed E-state index contributed by atoms with van der Waals surface area (Å²) in [5.74, 6) is 4.51. The zero-order valence-electron chi connectivity index (χ0n) is 29.4. The molecule has 252 valence electrons. The molecule has 1 aliphatic heterocycles. The lowest BCUT2D eigenvalue weighted by Crippen LogP contribution is -2.15. The minimum absolute atomic E-state index is 0.299. The number of rotatable bonds is 8. The summed E-state index contributed by atoms with van der Waals surface area (Å²) in [6, 6.07) is 43.9. The fourth-order valence-corrected chi connectivity index (χ4v) is 7.86. The molecule has 0 spiro atoms. The third-order valence-corrected chi connectivity index (χ3v) is 10.4. The van der Waals surface area contributed by atoms with Crippen molar-refractivity contribution in [3.05, 3.63) is 150 Å². The highest BCUT2D eigenvalue weighted by atomic mass is 32.2. The summed E-state index contributed by atoms with van der Waals surface area (Å²) in [6.07, 6.45) is 1.83. The van der Waals surface area contributed by atoms with E-state index in [-0.39, 0.29) is 0 Å². The summed E-state index contributed by atoms with van der Waals surface area (Å²) in [7, 11) is 0. The monoisotopic (exact) mass is 685 g/mol. The highest BCUT2D eigenvalue weighted by Gasteiger charge is 2.27. The standard InChI is InChI=1S/C44H39N5OS/c1-28(2)34-18-13-19-35(29(3)4)42(34)49-43(46-47-44(49)36-17-7-6-14-30(36)5)31-15-12-16-32(26-31)50-33-23-24-40-38(27-33)48(41-22-10-11-25-45-41)37-20-8-9-21-39(37)51-40/h6-29H,1-5H3. The molecule has 0 amide bonds. The van der Waals surface area contributed by atoms with Crippen molar-refractivity contribution in [3.63, 3.8) is 0 Å². The predicted molar refractivity (Wildman–Crippen MR) is 208 cm³/mol. The first-order valence-electron chi connectivity index (χ1n) is 17.4. The number of ether oxygens (including phenoxy) is 1.